The molecule has 0 aliphatic carbocycles. The lowest BCUT2D eigenvalue weighted by molar-refractivity contribution is 0.0624. The highest BCUT2D eigenvalue weighted by atomic mass is 35.5. The van der Waals surface area contributed by atoms with Gasteiger partial charge >= 0.3 is 0 Å². The summed E-state index contributed by atoms with van der Waals surface area (Å²) >= 11 is 5.82. The van der Waals surface area contributed by atoms with E-state index in [-0.39, 0.29) is 23.5 Å². The number of carbonyl (C=O) groups excluding carboxylic acids is 1. The highest BCUT2D eigenvalue weighted by Gasteiger charge is 2.34. The minimum Gasteiger partial charge on any atom is -0.383 e. The fourth-order valence-electron chi connectivity index (χ4n) is 2.42. The van der Waals surface area contributed by atoms with Crippen LogP contribution in [-0.4, -0.2) is 57.0 Å². The Morgan fingerprint density at radius 2 is 2.05 bits per heavy atom. The van der Waals surface area contributed by atoms with E-state index in [4.69, 9.17) is 16.3 Å². The zero-order valence-electron chi connectivity index (χ0n) is 11.8. The number of hydrogen-bond donors (Lipinski definition) is 0. The van der Waals surface area contributed by atoms with Crippen molar-refractivity contribution in [2.75, 3.05) is 31.8 Å². The topological polar surface area (TPSA) is 63.7 Å². The molecule has 1 aliphatic rings. The number of hydrogen-bond acceptors (Lipinski definition) is 4. The summed E-state index contributed by atoms with van der Waals surface area (Å²) in [5.41, 5.74) is 0.500. The predicted molar refractivity (Wildman–Crippen MR) is 81.4 cm³/mol. The van der Waals surface area contributed by atoms with E-state index in [1.165, 1.54) is 0 Å². The molecule has 0 N–H and O–H groups in total. The van der Waals surface area contributed by atoms with Crippen molar-refractivity contribution in [2.24, 2.45) is 0 Å². The number of amides is 1. The molecule has 7 heteroatoms. The minimum absolute atomic E-state index is 0.0239. The third-order valence-electron chi connectivity index (χ3n) is 3.54. The minimum atomic E-state index is -3.04. The summed E-state index contributed by atoms with van der Waals surface area (Å²) in [6.07, 6.45) is 0.478. The number of carbonyl (C=O) groups is 1. The lowest BCUT2D eigenvalue weighted by Gasteiger charge is -2.28. The van der Waals surface area contributed by atoms with Crippen LogP contribution in [0.4, 0.5) is 0 Å². The zero-order chi connectivity index (χ0) is 15.5. The maximum Gasteiger partial charge on any atom is 0.254 e. The maximum absolute atomic E-state index is 12.6. The second-order valence-corrected chi connectivity index (χ2v) is 7.72. The molecule has 2 rings (SSSR count). The molecule has 1 fully saturated rings. The van der Waals surface area contributed by atoms with Gasteiger partial charge in [0.1, 0.15) is 0 Å². The van der Waals surface area contributed by atoms with Crippen LogP contribution in [0.3, 0.4) is 0 Å². The van der Waals surface area contributed by atoms with Gasteiger partial charge < -0.3 is 9.64 Å². The average molecular weight is 332 g/mol. The summed E-state index contributed by atoms with van der Waals surface area (Å²) in [5.74, 6) is -0.0312. The number of halogens is 1. The highest BCUT2D eigenvalue weighted by molar-refractivity contribution is 7.91. The first-order valence-electron chi connectivity index (χ1n) is 6.69. The third-order valence-corrected chi connectivity index (χ3v) is 5.54. The SMILES string of the molecule is COCCN(C(=O)c1ccc(Cl)cc1)C1CCS(=O)(=O)C1. The molecule has 0 saturated carbocycles. The van der Waals surface area contributed by atoms with Gasteiger partial charge in [-0.3, -0.25) is 4.79 Å². The van der Waals surface area contributed by atoms with Crippen LogP contribution in [0, 0.1) is 0 Å². The molecule has 5 nitrogen and oxygen atoms in total. The van der Waals surface area contributed by atoms with Crippen LogP contribution in [0.2, 0.25) is 5.02 Å². The molecule has 1 saturated heterocycles. The Kier molecular flexibility index (Phi) is 5.24. The number of ether oxygens (including phenoxy) is 1. The Morgan fingerprint density at radius 3 is 2.57 bits per heavy atom. The zero-order valence-corrected chi connectivity index (χ0v) is 13.4. The van der Waals surface area contributed by atoms with Gasteiger partial charge in [-0.2, -0.15) is 0 Å². The largest absolute Gasteiger partial charge is 0.383 e. The normalized spacial score (nSPS) is 20.4. The number of sulfone groups is 1. The molecule has 1 amide bonds. The molecule has 0 spiro atoms. The Morgan fingerprint density at radius 1 is 1.38 bits per heavy atom. The predicted octanol–water partition coefficient (Wildman–Crippen LogP) is 1.62. The second kappa shape index (κ2) is 6.77. The molecule has 0 radical (unpaired) electrons. The lowest BCUT2D eigenvalue weighted by atomic mass is 10.1. The number of benzene rings is 1. The van der Waals surface area contributed by atoms with Gasteiger partial charge in [-0.25, -0.2) is 8.42 Å². The smallest absolute Gasteiger partial charge is 0.254 e. The van der Waals surface area contributed by atoms with Crippen molar-refractivity contribution in [3.05, 3.63) is 34.9 Å². The van der Waals surface area contributed by atoms with Gasteiger partial charge in [-0.1, -0.05) is 11.6 Å². The van der Waals surface area contributed by atoms with Crippen molar-refractivity contribution in [1.29, 1.82) is 0 Å². The molecule has 1 aromatic rings. The molecular weight excluding hydrogens is 314 g/mol. The van der Waals surface area contributed by atoms with Crippen molar-refractivity contribution in [2.45, 2.75) is 12.5 Å². The molecule has 1 unspecified atom stereocenters. The van der Waals surface area contributed by atoms with Crippen LogP contribution in [0.1, 0.15) is 16.8 Å². The van der Waals surface area contributed by atoms with Crippen molar-refractivity contribution >= 4 is 27.3 Å². The van der Waals surface area contributed by atoms with Crippen molar-refractivity contribution in [1.82, 2.24) is 4.90 Å². The van der Waals surface area contributed by atoms with E-state index < -0.39 is 9.84 Å². The van der Waals surface area contributed by atoms with Crippen LogP contribution in [0.5, 0.6) is 0 Å². The average Bonchev–Trinajstić information content (AvgIpc) is 2.80. The van der Waals surface area contributed by atoms with Gasteiger partial charge in [-0.05, 0) is 30.7 Å². The van der Waals surface area contributed by atoms with Gasteiger partial charge in [0.25, 0.3) is 5.91 Å². The van der Waals surface area contributed by atoms with E-state index in [2.05, 4.69) is 0 Å². The third kappa shape index (κ3) is 4.18. The molecular formula is C14H18ClNO4S. The van der Waals surface area contributed by atoms with Crippen LogP contribution in [0.15, 0.2) is 24.3 Å². The van der Waals surface area contributed by atoms with Gasteiger partial charge in [0.2, 0.25) is 0 Å². The molecule has 0 bridgehead atoms. The summed E-state index contributed by atoms with van der Waals surface area (Å²) in [6, 6.07) is 6.30. The monoisotopic (exact) mass is 331 g/mol. The van der Waals surface area contributed by atoms with Crippen molar-refractivity contribution < 1.29 is 17.9 Å². The lowest BCUT2D eigenvalue weighted by Crippen LogP contribution is -2.43. The van der Waals surface area contributed by atoms with Gasteiger partial charge in [0.05, 0.1) is 18.1 Å². The summed E-state index contributed by atoms with van der Waals surface area (Å²) in [6.45, 7) is 0.744. The molecule has 0 aromatic heterocycles. The quantitative estimate of drug-likeness (QED) is 0.822. The number of rotatable bonds is 5. The Bertz CT molecular complexity index is 600. The molecule has 21 heavy (non-hydrogen) atoms. The fourth-order valence-corrected chi connectivity index (χ4v) is 4.28. The van der Waals surface area contributed by atoms with Gasteiger partial charge in [-0.15, -0.1) is 0 Å². The maximum atomic E-state index is 12.6. The standard InChI is InChI=1S/C14H18ClNO4S/c1-20-8-7-16(13-6-9-21(18,19)10-13)14(17)11-2-4-12(15)5-3-11/h2-5,13H,6-10H2,1H3. The number of methoxy groups -OCH3 is 1. The van der Waals surface area contributed by atoms with E-state index in [1.807, 2.05) is 0 Å². The van der Waals surface area contributed by atoms with Crippen LogP contribution in [0.25, 0.3) is 0 Å². The summed E-state index contributed by atoms with van der Waals surface area (Å²) < 4.78 is 28.3. The van der Waals surface area contributed by atoms with E-state index in [9.17, 15) is 13.2 Å². The van der Waals surface area contributed by atoms with Crippen LogP contribution < -0.4 is 0 Å². The Balaban J connectivity index is 2.19. The van der Waals surface area contributed by atoms with E-state index >= 15 is 0 Å². The van der Waals surface area contributed by atoms with Crippen LogP contribution >= 0.6 is 11.6 Å². The molecule has 1 aliphatic heterocycles. The van der Waals surface area contributed by atoms with Gasteiger partial charge in [0.15, 0.2) is 9.84 Å². The Labute approximate surface area is 129 Å². The number of nitrogens with zero attached hydrogens (tertiary/aromatic N) is 1. The first-order valence-corrected chi connectivity index (χ1v) is 8.89. The molecule has 116 valence electrons. The fraction of sp³-hybridized carbons (Fsp3) is 0.500. The van der Waals surface area contributed by atoms with E-state index in [0.29, 0.717) is 30.2 Å². The summed E-state index contributed by atoms with van der Waals surface area (Å²) in [4.78, 5) is 14.2. The van der Waals surface area contributed by atoms with Gasteiger partial charge in [0, 0.05) is 30.3 Å². The summed E-state index contributed by atoms with van der Waals surface area (Å²) in [7, 11) is -1.49. The van der Waals surface area contributed by atoms with E-state index in [0.717, 1.165) is 0 Å². The van der Waals surface area contributed by atoms with E-state index in [1.54, 1.807) is 36.3 Å². The first-order chi connectivity index (χ1) is 9.93. The van der Waals surface area contributed by atoms with Crippen LogP contribution in [-0.2, 0) is 14.6 Å². The summed E-state index contributed by atoms with van der Waals surface area (Å²) in [5, 5.41) is 0.554. The molecule has 1 atom stereocenters. The molecule has 1 aromatic carbocycles. The highest BCUT2D eigenvalue weighted by Crippen LogP contribution is 2.20. The van der Waals surface area contributed by atoms with Crippen molar-refractivity contribution in [3.63, 3.8) is 0 Å². The molecule has 1 heterocycles. The first kappa shape index (κ1) is 16.3. The van der Waals surface area contributed by atoms with Crippen molar-refractivity contribution in [3.8, 4) is 0 Å². The Hall–Kier alpha value is -1.11. The second-order valence-electron chi connectivity index (χ2n) is 5.06.